The molecule has 1 amide bonds. The maximum atomic E-state index is 11.4. The zero-order valence-electron chi connectivity index (χ0n) is 10.8. The van der Waals surface area contributed by atoms with E-state index in [9.17, 15) is 14.7 Å². The van der Waals surface area contributed by atoms with Crippen molar-refractivity contribution in [3.63, 3.8) is 0 Å². The van der Waals surface area contributed by atoms with Gasteiger partial charge in [-0.1, -0.05) is 6.92 Å². The summed E-state index contributed by atoms with van der Waals surface area (Å²) >= 11 is 1.45. The minimum atomic E-state index is -0.765. The first-order chi connectivity index (χ1) is 8.99. The summed E-state index contributed by atoms with van der Waals surface area (Å²) in [7, 11) is 0. The van der Waals surface area contributed by atoms with Crippen molar-refractivity contribution >= 4 is 23.2 Å². The Morgan fingerprint density at radius 3 is 2.89 bits per heavy atom. The maximum Gasteiger partial charge on any atom is 0.321 e. The molecule has 2 rings (SSSR count). The lowest BCUT2D eigenvalue weighted by Gasteiger charge is -2.36. The number of likely N-dealkylation sites (tertiary alicyclic amines) is 1. The third-order valence-electron chi connectivity index (χ3n) is 3.59. The fourth-order valence-corrected chi connectivity index (χ4v) is 3.54. The van der Waals surface area contributed by atoms with E-state index < -0.39 is 17.9 Å². The highest BCUT2D eigenvalue weighted by Crippen LogP contribution is 2.26. The van der Waals surface area contributed by atoms with E-state index in [-0.39, 0.29) is 5.92 Å². The quantitative estimate of drug-likeness (QED) is 0.877. The molecule has 19 heavy (non-hydrogen) atoms. The Labute approximate surface area is 116 Å². The van der Waals surface area contributed by atoms with Gasteiger partial charge in [-0.25, -0.2) is 0 Å². The Balaban J connectivity index is 2.11. The van der Waals surface area contributed by atoms with Gasteiger partial charge in [0.15, 0.2) is 0 Å². The number of nitrogens with two attached hydrogens (primary N) is 1. The predicted octanol–water partition coefficient (Wildman–Crippen LogP) is 1.53. The number of carboxylic acid groups (broad SMARTS) is 1. The lowest BCUT2D eigenvalue weighted by atomic mass is 9.91. The highest BCUT2D eigenvalue weighted by Gasteiger charge is 2.34. The zero-order valence-corrected chi connectivity index (χ0v) is 11.7. The lowest BCUT2D eigenvalue weighted by molar-refractivity contribution is -0.147. The first-order valence-electron chi connectivity index (χ1n) is 6.33. The normalized spacial score (nSPS) is 24.3. The first kappa shape index (κ1) is 14.0. The second kappa shape index (κ2) is 5.71. The standard InChI is InChI=1S/C13H18N2O3S/c1-8-3-2-4-15(11(8)13(17)18)6-10-5-9(7-19-10)12(14)16/h5,7-8,11H,2-4,6H2,1H3,(H2,14,16)(H,17,18). The van der Waals surface area contributed by atoms with Crippen LogP contribution in [0.25, 0.3) is 0 Å². The topological polar surface area (TPSA) is 83.6 Å². The van der Waals surface area contributed by atoms with Crippen molar-refractivity contribution < 1.29 is 14.7 Å². The van der Waals surface area contributed by atoms with Gasteiger partial charge in [0.2, 0.25) is 5.91 Å². The largest absolute Gasteiger partial charge is 0.480 e. The molecule has 2 unspecified atom stereocenters. The molecule has 0 aliphatic carbocycles. The van der Waals surface area contributed by atoms with Gasteiger partial charge in [0.1, 0.15) is 6.04 Å². The molecule has 1 aliphatic heterocycles. The summed E-state index contributed by atoms with van der Waals surface area (Å²) < 4.78 is 0. The monoisotopic (exact) mass is 282 g/mol. The molecule has 5 nitrogen and oxygen atoms in total. The summed E-state index contributed by atoms with van der Waals surface area (Å²) in [6, 6.07) is 1.32. The van der Waals surface area contributed by atoms with E-state index in [1.54, 1.807) is 11.4 Å². The average Bonchev–Trinajstić information content (AvgIpc) is 2.77. The number of aliphatic carboxylic acids is 1. The van der Waals surface area contributed by atoms with Gasteiger partial charge in [-0.3, -0.25) is 14.5 Å². The Kier molecular flexibility index (Phi) is 4.21. The first-order valence-corrected chi connectivity index (χ1v) is 7.21. The van der Waals surface area contributed by atoms with Crippen molar-refractivity contribution in [3.8, 4) is 0 Å². The van der Waals surface area contributed by atoms with Gasteiger partial charge in [-0.2, -0.15) is 0 Å². The molecule has 1 aliphatic rings. The number of hydrogen-bond donors (Lipinski definition) is 2. The van der Waals surface area contributed by atoms with Crippen molar-refractivity contribution in [2.75, 3.05) is 6.54 Å². The number of rotatable bonds is 4. The molecule has 1 fully saturated rings. The van der Waals surface area contributed by atoms with Gasteiger partial charge in [-0.05, 0) is 31.4 Å². The van der Waals surface area contributed by atoms with Crippen molar-refractivity contribution in [2.45, 2.75) is 32.4 Å². The third kappa shape index (κ3) is 3.13. The van der Waals surface area contributed by atoms with Gasteiger partial charge in [-0.15, -0.1) is 11.3 Å². The highest BCUT2D eigenvalue weighted by atomic mass is 32.1. The molecule has 0 radical (unpaired) electrons. The second-order valence-corrected chi connectivity index (χ2v) is 6.03. The van der Waals surface area contributed by atoms with Crippen LogP contribution < -0.4 is 5.73 Å². The van der Waals surface area contributed by atoms with Crippen molar-refractivity contribution in [2.24, 2.45) is 11.7 Å². The number of thiophene rings is 1. The summed E-state index contributed by atoms with van der Waals surface area (Å²) in [5, 5.41) is 11.1. The van der Waals surface area contributed by atoms with E-state index >= 15 is 0 Å². The van der Waals surface area contributed by atoms with Crippen LogP contribution >= 0.6 is 11.3 Å². The number of piperidine rings is 1. The van der Waals surface area contributed by atoms with Crippen LogP contribution in [0.3, 0.4) is 0 Å². The maximum absolute atomic E-state index is 11.4. The van der Waals surface area contributed by atoms with E-state index in [0.717, 1.165) is 24.3 Å². The molecule has 0 saturated carbocycles. The molecule has 2 heterocycles. The number of carbonyl (C=O) groups excluding carboxylic acids is 1. The molecule has 1 aromatic heterocycles. The predicted molar refractivity (Wildman–Crippen MR) is 73.1 cm³/mol. The second-order valence-electron chi connectivity index (χ2n) is 5.04. The lowest BCUT2D eigenvalue weighted by Crippen LogP contribution is -2.48. The molecule has 1 saturated heterocycles. The Hall–Kier alpha value is -1.40. The van der Waals surface area contributed by atoms with Crippen LogP contribution in [0.1, 0.15) is 35.0 Å². The SMILES string of the molecule is CC1CCCN(Cc2cc(C(N)=O)cs2)C1C(=O)O. The Morgan fingerprint density at radius 1 is 1.58 bits per heavy atom. The van der Waals surface area contributed by atoms with Gasteiger partial charge in [0, 0.05) is 16.8 Å². The molecular formula is C13H18N2O3S. The van der Waals surface area contributed by atoms with Crippen LogP contribution in [0.15, 0.2) is 11.4 Å². The van der Waals surface area contributed by atoms with E-state index in [4.69, 9.17) is 5.73 Å². The van der Waals surface area contributed by atoms with Crippen molar-refractivity contribution in [1.29, 1.82) is 0 Å². The molecular weight excluding hydrogens is 264 g/mol. The summed E-state index contributed by atoms with van der Waals surface area (Å²) in [5.74, 6) is -1.05. The van der Waals surface area contributed by atoms with E-state index in [0.29, 0.717) is 12.1 Å². The Bertz CT molecular complexity index is 486. The van der Waals surface area contributed by atoms with Gasteiger partial charge >= 0.3 is 5.97 Å². The van der Waals surface area contributed by atoms with Crippen LogP contribution in [0.5, 0.6) is 0 Å². The number of carboxylic acids is 1. The third-order valence-corrected chi connectivity index (χ3v) is 4.51. The number of amides is 1. The van der Waals surface area contributed by atoms with E-state index in [2.05, 4.69) is 0 Å². The minimum Gasteiger partial charge on any atom is -0.480 e. The molecule has 0 aromatic carbocycles. The van der Waals surface area contributed by atoms with Crippen LogP contribution in [-0.2, 0) is 11.3 Å². The van der Waals surface area contributed by atoms with Crippen LogP contribution in [0, 0.1) is 5.92 Å². The number of carbonyl (C=O) groups is 2. The molecule has 6 heteroatoms. The number of primary amides is 1. The summed E-state index contributed by atoms with van der Waals surface area (Å²) in [6.07, 6.45) is 1.96. The zero-order chi connectivity index (χ0) is 14.0. The summed E-state index contributed by atoms with van der Waals surface area (Å²) in [4.78, 5) is 25.4. The summed E-state index contributed by atoms with van der Waals surface area (Å²) in [5.41, 5.74) is 5.72. The van der Waals surface area contributed by atoms with Gasteiger partial charge in [0.25, 0.3) is 0 Å². The number of nitrogens with zero attached hydrogens (tertiary/aromatic N) is 1. The van der Waals surface area contributed by atoms with E-state index in [1.165, 1.54) is 11.3 Å². The Morgan fingerprint density at radius 2 is 2.32 bits per heavy atom. The fraction of sp³-hybridized carbons (Fsp3) is 0.538. The average molecular weight is 282 g/mol. The van der Waals surface area contributed by atoms with Gasteiger partial charge in [0.05, 0.1) is 5.56 Å². The van der Waals surface area contributed by atoms with Crippen LogP contribution in [0.4, 0.5) is 0 Å². The molecule has 2 atom stereocenters. The molecule has 3 N–H and O–H groups in total. The van der Waals surface area contributed by atoms with Crippen molar-refractivity contribution in [1.82, 2.24) is 4.90 Å². The van der Waals surface area contributed by atoms with Crippen LogP contribution in [-0.4, -0.2) is 34.5 Å². The van der Waals surface area contributed by atoms with Crippen molar-refractivity contribution in [3.05, 3.63) is 21.9 Å². The summed E-state index contributed by atoms with van der Waals surface area (Å²) in [6.45, 7) is 3.33. The smallest absolute Gasteiger partial charge is 0.321 e. The minimum absolute atomic E-state index is 0.154. The molecule has 1 aromatic rings. The molecule has 104 valence electrons. The number of hydrogen-bond acceptors (Lipinski definition) is 4. The van der Waals surface area contributed by atoms with E-state index in [1.807, 2.05) is 11.8 Å². The molecule has 0 bridgehead atoms. The highest BCUT2D eigenvalue weighted by molar-refractivity contribution is 7.10. The van der Waals surface area contributed by atoms with Crippen LogP contribution in [0.2, 0.25) is 0 Å². The molecule has 0 spiro atoms. The van der Waals surface area contributed by atoms with Gasteiger partial charge < -0.3 is 10.8 Å². The fourth-order valence-electron chi connectivity index (χ4n) is 2.64.